The predicted octanol–water partition coefficient (Wildman–Crippen LogP) is 1.47. The Bertz CT molecular complexity index is 523. The van der Waals surface area contributed by atoms with Crippen LogP contribution in [0.2, 0.25) is 0 Å². The molecular weight excluding hydrogens is 278 g/mol. The lowest BCUT2D eigenvalue weighted by Crippen LogP contribution is -2.16. The van der Waals surface area contributed by atoms with Gasteiger partial charge < -0.3 is 21.5 Å². The molecule has 1 saturated carbocycles. The zero-order valence-electron chi connectivity index (χ0n) is 11.4. The number of Topliss-reactive ketones (excluding diaryl/α,β-unsaturated/α-hetero) is 1. The summed E-state index contributed by atoms with van der Waals surface area (Å²) in [5, 5.41) is 3.62. The highest BCUT2D eigenvalue weighted by Crippen LogP contribution is 2.41. The van der Waals surface area contributed by atoms with Crippen molar-refractivity contribution in [3.8, 4) is 0 Å². The molecule has 5 N–H and O–H groups in total. The van der Waals surface area contributed by atoms with Crippen LogP contribution in [-0.2, 0) is 4.74 Å². The number of carbonyl (C=O) groups is 2. The topological polar surface area (TPSA) is 107 Å². The Morgan fingerprint density at radius 1 is 1.45 bits per heavy atom. The van der Waals surface area contributed by atoms with Gasteiger partial charge in [-0.05, 0) is 19.8 Å². The highest BCUT2D eigenvalue weighted by molar-refractivity contribution is 7.19. The monoisotopic (exact) mass is 297 g/mol. The minimum Gasteiger partial charge on any atom is -0.397 e. The number of primary amides is 1. The number of hydrogen-bond acceptors (Lipinski definition) is 6. The van der Waals surface area contributed by atoms with Crippen molar-refractivity contribution in [3.63, 3.8) is 0 Å². The summed E-state index contributed by atoms with van der Waals surface area (Å²) in [4.78, 5) is 24.1. The lowest BCUT2D eigenvalue weighted by Gasteiger charge is -2.05. The summed E-state index contributed by atoms with van der Waals surface area (Å²) in [6.45, 7) is 3.58. The Hall–Kier alpha value is -1.60. The third-order valence-corrected chi connectivity index (χ3v) is 4.28. The summed E-state index contributed by atoms with van der Waals surface area (Å²) in [5.41, 5.74) is 11.7. The molecule has 0 saturated heterocycles. The second kappa shape index (κ2) is 6.23. The van der Waals surface area contributed by atoms with E-state index < -0.39 is 5.91 Å². The molecule has 1 aliphatic rings. The fourth-order valence-corrected chi connectivity index (χ4v) is 3.08. The first-order chi connectivity index (χ1) is 9.56. The number of nitrogen functional groups attached to an aromatic ring is 1. The first-order valence-electron chi connectivity index (χ1n) is 6.64. The van der Waals surface area contributed by atoms with Crippen molar-refractivity contribution in [2.45, 2.75) is 19.8 Å². The lowest BCUT2D eigenvalue weighted by molar-refractivity contribution is 0.0972. The molecule has 1 aromatic heterocycles. The number of carbonyl (C=O) groups excluding carboxylic acids is 2. The van der Waals surface area contributed by atoms with Gasteiger partial charge in [0.05, 0.1) is 22.7 Å². The standard InChI is InChI=1S/C13H19N3O3S/c1-2-19-6-5-16-13-8(12(15)18)9(14)11(20-13)10(17)7-3-4-7/h7,16H,2-6,14H2,1H3,(H2,15,18). The first kappa shape index (κ1) is 14.8. The van der Waals surface area contributed by atoms with Crippen molar-refractivity contribution in [3.05, 3.63) is 10.4 Å². The second-order valence-electron chi connectivity index (χ2n) is 4.68. The zero-order valence-corrected chi connectivity index (χ0v) is 12.2. The summed E-state index contributed by atoms with van der Waals surface area (Å²) in [7, 11) is 0. The van der Waals surface area contributed by atoms with E-state index in [2.05, 4.69) is 5.32 Å². The number of nitrogens with one attached hydrogen (secondary N) is 1. The highest BCUT2D eigenvalue weighted by atomic mass is 32.1. The fourth-order valence-electron chi connectivity index (χ4n) is 1.91. The second-order valence-corrected chi connectivity index (χ2v) is 5.70. The van der Waals surface area contributed by atoms with Crippen molar-refractivity contribution in [1.82, 2.24) is 0 Å². The Morgan fingerprint density at radius 2 is 2.15 bits per heavy atom. The van der Waals surface area contributed by atoms with Crippen molar-refractivity contribution in [1.29, 1.82) is 0 Å². The maximum Gasteiger partial charge on any atom is 0.253 e. The van der Waals surface area contributed by atoms with Crippen LogP contribution < -0.4 is 16.8 Å². The number of ether oxygens (including phenoxy) is 1. The molecule has 110 valence electrons. The van der Waals surface area contributed by atoms with Crippen LogP contribution in [0.1, 0.15) is 39.8 Å². The lowest BCUT2D eigenvalue weighted by atomic mass is 10.1. The van der Waals surface area contributed by atoms with Crippen LogP contribution in [0.3, 0.4) is 0 Å². The van der Waals surface area contributed by atoms with Gasteiger partial charge >= 0.3 is 0 Å². The van der Waals surface area contributed by atoms with Crippen molar-refractivity contribution < 1.29 is 14.3 Å². The normalized spacial score (nSPS) is 14.2. The number of amides is 1. The predicted molar refractivity (Wildman–Crippen MR) is 79.3 cm³/mol. The molecule has 1 aliphatic carbocycles. The third-order valence-electron chi connectivity index (χ3n) is 3.10. The van der Waals surface area contributed by atoms with Gasteiger partial charge in [-0.25, -0.2) is 0 Å². The number of thiophene rings is 1. The van der Waals surface area contributed by atoms with Gasteiger partial charge in [-0.3, -0.25) is 9.59 Å². The maximum atomic E-state index is 12.1. The van der Waals surface area contributed by atoms with Crippen LogP contribution >= 0.6 is 11.3 Å². The van der Waals surface area contributed by atoms with Crippen LogP contribution in [0, 0.1) is 5.92 Å². The fraction of sp³-hybridized carbons (Fsp3) is 0.538. The minimum atomic E-state index is -0.618. The van der Waals surface area contributed by atoms with Gasteiger partial charge in [-0.15, -0.1) is 11.3 Å². The molecule has 6 nitrogen and oxygen atoms in total. The van der Waals surface area contributed by atoms with Crippen LogP contribution in [0.25, 0.3) is 0 Å². The quantitative estimate of drug-likeness (QED) is 0.497. The van der Waals surface area contributed by atoms with Crippen LogP contribution in [-0.4, -0.2) is 31.4 Å². The number of anilines is 2. The summed E-state index contributed by atoms with van der Waals surface area (Å²) >= 11 is 1.21. The molecule has 20 heavy (non-hydrogen) atoms. The van der Waals surface area contributed by atoms with Crippen molar-refractivity contribution in [2.24, 2.45) is 11.7 Å². The molecule has 1 heterocycles. The average molecular weight is 297 g/mol. The minimum absolute atomic E-state index is 0.0212. The number of nitrogens with two attached hydrogens (primary N) is 2. The van der Waals surface area contributed by atoms with Crippen molar-refractivity contribution in [2.75, 3.05) is 30.8 Å². The molecule has 1 amide bonds. The molecular formula is C13H19N3O3S. The number of ketones is 1. The van der Waals surface area contributed by atoms with Crippen LogP contribution in [0.4, 0.5) is 10.7 Å². The van der Waals surface area contributed by atoms with Gasteiger partial charge in [0.1, 0.15) is 5.00 Å². The molecule has 0 aromatic carbocycles. The summed E-state index contributed by atoms with van der Waals surface area (Å²) in [6, 6.07) is 0. The molecule has 1 aromatic rings. The number of rotatable bonds is 8. The number of hydrogen-bond donors (Lipinski definition) is 3. The smallest absolute Gasteiger partial charge is 0.253 e. The molecule has 2 rings (SSSR count). The SMILES string of the molecule is CCOCCNc1sc(C(=O)C2CC2)c(N)c1C(N)=O. The van der Waals surface area contributed by atoms with E-state index in [1.54, 1.807) is 0 Å². The first-order valence-corrected chi connectivity index (χ1v) is 7.45. The van der Waals surface area contributed by atoms with Gasteiger partial charge in [0.15, 0.2) is 5.78 Å². The van der Waals surface area contributed by atoms with Gasteiger partial charge in [0, 0.05) is 19.1 Å². The molecule has 1 fully saturated rings. The molecule has 0 aliphatic heterocycles. The molecule has 0 bridgehead atoms. The van der Waals surface area contributed by atoms with Gasteiger partial charge in [0.25, 0.3) is 5.91 Å². The summed E-state index contributed by atoms with van der Waals surface area (Å²) in [6.07, 6.45) is 1.80. The van der Waals surface area contributed by atoms with Gasteiger partial charge in [0.2, 0.25) is 0 Å². The maximum absolute atomic E-state index is 12.1. The van der Waals surface area contributed by atoms with E-state index in [0.29, 0.717) is 29.6 Å². The van der Waals surface area contributed by atoms with Gasteiger partial charge in [-0.2, -0.15) is 0 Å². The largest absolute Gasteiger partial charge is 0.397 e. The summed E-state index contributed by atoms with van der Waals surface area (Å²) < 4.78 is 5.22. The zero-order chi connectivity index (χ0) is 14.7. The van der Waals surface area contributed by atoms with E-state index >= 15 is 0 Å². The molecule has 7 heteroatoms. The molecule has 0 unspecified atom stereocenters. The molecule has 0 spiro atoms. The van der Waals surface area contributed by atoms with E-state index in [-0.39, 0.29) is 23.0 Å². The Labute approximate surface area is 121 Å². The van der Waals surface area contributed by atoms with Crippen molar-refractivity contribution >= 4 is 33.7 Å². The van der Waals surface area contributed by atoms with E-state index in [9.17, 15) is 9.59 Å². The average Bonchev–Trinajstić information content (AvgIpc) is 3.18. The Balaban J connectivity index is 2.18. The molecule has 0 radical (unpaired) electrons. The Morgan fingerprint density at radius 3 is 2.70 bits per heavy atom. The third kappa shape index (κ3) is 3.10. The van der Waals surface area contributed by atoms with Crippen LogP contribution in [0.15, 0.2) is 0 Å². The van der Waals surface area contributed by atoms with E-state index in [0.717, 1.165) is 12.8 Å². The highest BCUT2D eigenvalue weighted by Gasteiger charge is 2.34. The van der Waals surface area contributed by atoms with Gasteiger partial charge in [-0.1, -0.05) is 0 Å². The van der Waals surface area contributed by atoms with E-state index in [1.807, 2.05) is 6.92 Å². The van der Waals surface area contributed by atoms with E-state index in [4.69, 9.17) is 16.2 Å². The Kier molecular flexibility index (Phi) is 4.61. The van der Waals surface area contributed by atoms with E-state index in [1.165, 1.54) is 11.3 Å². The summed E-state index contributed by atoms with van der Waals surface area (Å²) in [5.74, 6) is -0.534. The molecule has 0 atom stereocenters. The van der Waals surface area contributed by atoms with Crippen LogP contribution in [0.5, 0.6) is 0 Å².